The highest BCUT2D eigenvalue weighted by Gasteiger charge is 2.25. The average molecular weight is 459 g/mol. The van der Waals surface area contributed by atoms with E-state index in [1.807, 2.05) is 6.07 Å². The van der Waals surface area contributed by atoms with Crippen LogP contribution in [0.15, 0.2) is 48.8 Å². The summed E-state index contributed by atoms with van der Waals surface area (Å²) < 4.78 is 5.51. The van der Waals surface area contributed by atoms with E-state index in [1.54, 1.807) is 49.6 Å². The van der Waals surface area contributed by atoms with Gasteiger partial charge in [0.1, 0.15) is 5.75 Å². The molecule has 2 amide bonds. The number of carboxylic acid groups (broad SMARTS) is 1. The molecule has 0 aliphatic carbocycles. The summed E-state index contributed by atoms with van der Waals surface area (Å²) >= 11 is 0. The van der Waals surface area contributed by atoms with Crippen LogP contribution >= 0.6 is 0 Å². The third-order valence-electron chi connectivity index (χ3n) is 4.64. The van der Waals surface area contributed by atoms with E-state index >= 15 is 0 Å². The standard InChI is InChI=1S/C23H30N4O6/c1-3-27(32-2)23(31)22(26-20(28)13-8-17-6-4-14-24-16-17)25-18-9-11-19(12-10-18)33-15-5-7-21(29)30/h4,6,9-12,14,16,22,25H,3,5,7-8,13,15H2,1-2H3,(H,26,28)(H,29,30). The second-order valence-electron chi connectivity index (χ2n) is 7.09. The van der Waals surface area contributed by atoms with Crippen molar-refractivity contribution in [1.82, 2.24) is 15.4 Å². The van der Waals surface area contributed by atoms with Crippen LogP contribution in [0.1, 0.15) is 31.7 Å². The molecule has 2 rings (SSSR count). The van der Waals surface area contributed by atoms with Crippen molar-refractivity contribution in [2.45, 2.75) is 38.8 Å². The Labute approximate surface area is 192 Å². The number of pyridine rings is 1. The number of carbonyl (C=O) groups excluding carboxylic acids is 2. The number of aliphatic carboxylic acids is 1. The number of nitrogens with zero attached hydrogens (tertiary/aromatic N) is 2. The molecule has 1 atom stereocenters. The van der Waals surface area contributed by atoms with Gasteiger partial charge in [-0.1, -0.05) is 6.07 Å². The van der Waals surface area contributed by atoms with Gasteiger partial charge in [-0.05, 0) is 55.7 Å². The third-order valence-corrected chi connectivity index (χ3v) is 4.64. The number of benzene rings is 1. The van der Waals surface area contributed by atoms with Crippen LogP contribution in [0.4, 0.5) is 5.69 Å². The van der Waals surface area contributed by atoms with Crippen LogP contribution in [0.2, 0.25) is 0 Å². The van der Waals surface area contributed by atoms with E-state index in [-0.39, 0.29) is 25.4 Å². The first-order valence-corrected chi connectivity index (χ1v) is 10.7. The molecule has 1 heterocycles. The van der Waals surface area contributed by atoms with E-state index in [2.05, 4.69) is 15.6 Å². The zero-order chi connectivity index (χ0) is 24.1. The molecular weight excluding hydrogens is 428 g/mol. The molecule has 178 valence electrons. The minimum Gasteiger partial charge on any atom is -0.494 e. The zero-order valence-corrected chi connectivity index (χ0v) is 18.8. The van der Waals surface area contributed by atoms with Gasteiger partial charge in [0.05, 0.1) is 13.7 Å². The molecule has 0 spiro atoms. The molecule has 0 aliphatic heterocycles. The molecular formula is C23H30N4O6. The van der Waals surface area contributed by atoms with Gasteiger partial charge in [-0.25, -0.2) is 5.06 Å². The van der Waals surface area contributed by atoms with Crippen LogP contribution in [0, 0.1) is 0 Å². The highest BCUT2D eigenvalue weighted by molar-refractivity contribution is 5.89. The first kappa shape index (κ1) is 25.6. The summed E-state index contributed by atoms with van der Waals surface area (Å²) in [7, 11) is 1.39. The van der Waals surface area contributed by atoms with Gasteiger partial charge in [-0.3, -0.25) is 24.2 Å². The Morgan fingerprint density at radius 2 is 1.91 bits per heavy atom. The predicted octanol–water partition coefficient (Wildman–Crippen LogP) is 2.22. The van der Waals surface area contributed by atoms with Crippen molar-refractivity contribution < 1.29 is 29.1 Å². The Morgan fingerprint density at radius 3 is 2.52 bits per heavy atom. The quantitative estimate of drug-likeness (QED) is 0.223. The zero-order valence-electron chi connectivity index (χ0n) is 18.8. The van der Waals surface area contributed by atoms with Crippen molar-refractivity contribution in [3.8, 4) is 5.75 Å². The molecule has 0 aliphatic rings. The van der Waals surface area contributed by atoms with Crippen LogP contribution in [-0.4, -0.2) is 59.4 Å². The lowest BCUT2D eigenvalue weighted by molar-refractivity contribution is -0.176. The molecule has 33 heavy (non-hydrogen) atoms. The fourth-order valence-electron chi connectivity index (χ4n) is 2.94. The van der Waals surface area contributed by atoms with Crippen molar-refractivity contribution >= 4 is 23.5 Å². The summed E-state index contributed by atoms with van der Waals surface area (Å²) in [6, 6.07) is 10.5. The molecule has 0 bridgehead atoms. The summed E-state index contributed by atoms with van der Waals surface area (Å²) in [5, 5.41) is 15.6. The largest absolute Gasteiger partial charge is 0.494 e. The molecule has 1 unspecified atom stereocenters. The van der Waals surface area contributed by atoms with Gasteiger partial charge in [0.25, 0.3) is 5.91 Å². The number of likely N-dealkylation sites (N-methyl/N-ethyl adjacent to an activating group) is 1. The number of aromatic nitrogens is 1. The third kappa shape index (κ3) is 9.16. The van der Waals surface area contributed by atoms with Crippen molar-refractivity contribution in [1.29, 1.82) is 0 Å². The van der Waals surface area contributed by atoms with Crippen molar-refractivity contribution in [2.75, 3.05) is 25.6 Å². The number of hydrogen-bond donors (Lipinski definition) is 3. The summed E-state index contributed by atoms with van der Waals surface area (Å²) in [4.78, 5) is 45.1. The van der Waals surface area contributed by atoms with E-state index in [0.29, 0.717) is 30.8 Å². The fourth-order valence-corrected chi connectivity index (χ4v) is 2.94. The van der Waals surface area contributed by atoms with Crippen LogP contribution in [0.25, 0.3) is 0 Å². The van der Waals surface area contributed by atoms with Gasteiger partial charge >= 0.3 is 5.97 Å². The Morgan fingerprint density at radius 1 is 1.15 bits per heavy atom. The van der Waals surface area contributed by atoms with Gasteiger partial charge in [0, 0.05) is 37.5 Å². The lowest BCUT2D eigenvalue weighted by Crippen LogP contribution is -2.52. The van der Waals surface area contributed by atoms with Gasteiger partial charge in [-0.2, -0.15) is 0 Å². The smallest absolute Gasteiger partial charge is 0.303 e. The predicted molar refractivity (Wildman–Crippen MR) is 121 cm³/mol. The molecule has 2 aromatic rings. The number of nitrogens with one attached hydrogen (secondary N) is 2. The maximum atomic E-state index is 12.9. The first-order valence-electron chi connectivity index (χ1n) is 10.7. The molecule has 0 saturated heterocycles. The van der Waals surface area contributed by atoms with Gasteiger partial charge in [0.2, 0.25) is 5.91 Å². The Balaban J connectivity index is 1.99. The minimum atomic E-state index is -1.03. The maximum Gasteiger partial charge on any atom is 0.303 e. The van der Waals surface area contributed by atoms with E-state index in [4.69, 9.17) is 14.7 Å². The van der Waals surface area contributed by atoms with Crippen molar-refractivity contribution in [3.63, 3.8) is 0 Å². The SMILES string of the molecule is CCN(OC)C(=O)C(NC(=O)CCc1cccnc1)Nc1ccc(OCCCC(=O)O)cc1. The Hall–Kier alpha value is -3.66. The van der Waals surface area contributed by atoms with Crippen molar-refractivity contribution in [2.24, 2.45) is 0 Å². The van der Waals surface area contributed by atoms with E-state index in [0.717, 1.165) is 10.6 Å². The normalized spacial score (nSPS) is 11.3. The summed E-state index contributed by atoms with van der Waals surface area (Å²) in [5.41, 5.74) is 1.51. The molecule has 0 fully saturated rings. The second-order valence-corrected chi connectivity index (χ2v) is 7.09. The molecule has 10 heteroatoms. The summed E-state index contributed by atoms with van der Waals surface area (Å²) in [6.07, 6.45) is 3.46. The van der Waals surface area contributed by atoms with Crippen LogP contribution < -0.4 is 15.4 Å². The number of carboxylic acids is 1. The first-order chi connectivity index (χ1) is 15.9. The summed E-state index contributed by atoms with van der Waals surface area (Å²) in [6.45, 7) is 2.36. The Kier molecular flexibility index (Phi) is 10.6. The molecule has 0 saturated carbocycles. The topological polar surface area (TPSA) is 130 Å². The number of amides is 2. The maximum absolute atomic E-state index is 12.9. The molecule has 3 N–H and O–H groups in total. The Bertz CT molecular complexity index is 888. The second kappa shape index (κ2) is 13.7. The monoisotopic (exact) mass is 458 g/mol. The van der Waals surface area contributed by atoms with E-state index in [1.165, 1.54) is 7.11 Å². The number of carbonyl (C=O) groups is 3. The van der Waals surface area contributed by atoms with E-state index < -0.39 is 18.0 Å². The number of rotatable bonds is 14. The van der Waals surface area contributed by atoms with Crippen LogP contribution in [0.3, 0.4) is 0 Å². The molecule has 1 aromatic carbocycles. The highest BCUT2D eigenvalue weighted by atomic mass is 16.7. The van der Waals surface area contributed by atoms with Crippen LogP contribution in [-0.2, 0) is 25.6 Å². The van der Waals surface area contributed by atoms with Crippen LogP contribution in [0.5, 0.6) is 5.75 Å². The van der Waals surface area contributed by atoms with Crippen molar-refractivity contribution in [3.05, 3.63) is 54.4 Å². The van der Waals surface area contributed by atoms with Gasteiger partial charge < -0.3 is 20.5 Å². The number of anilines is 1. The fraction of sp³-hybridized carbons (Fsp3) is 0.391. The lowest BCUT2D eigenvalue weighted by atomic mass is 10.1. The average Bonchev–Trinajstić information content (AvgIpc) is 2.82. The highest BCUT2D eigenvalue weighted by Crippen LogP contribution is 2.17. The number of hydrogen-bond acceptors (Lipinski definition) is 7. The lowest BCUT2D eigenvalue weighted by Gasteiger charge is -2.26. The number of hydroxylamine groups is 2. The minimum absolute atomic E-state index is 0.0390. The summed E-state index contributed by atoms with van der Waals surface area (Å²) in [5.74, 6) is -1.03. The van der Waals surface area contributed by atoms with Gasteiger partial charge in [-0.15, -0.1) is 0 Å². The molecule has 1 aromatic heterocycles. The van der Waals surface area contributed by atoms with E-state index in [9.17, 15) is 14.4 Å². The van der Waals surface area contributed by atoms with Gasteiger partial charge in [0.15, 0.2) is 6.17 Å². The number of aryl methyl sites for hydroxylation is 1. The molecule has 10 nitrogen and oxygen atoms in total. The number of ether oxygens (including phenoxy) is 1. The molecule has 0 radical (unpaired) electrons.